The summed E-state index contributed by atoms with van der Waals surface area (Å²) in [5.74, 6) is 0.500. The van der Waals surface area contributed by atoms with Crippen LogP contribution in [0.5, 0.6) is 5.75 Å². The fourth-order valence-corrected chi connectivity index (χ4v) is 5.58. The third kappa shape index (κ3) is 4.90. The molecule has 2 aromatic carbocycles. The van der Waals surface area contributed by atoms with Crippen LogP contribution in [0, 0.1) is 18.3 Å². The van der Waals surface area contributed by atoms with Gasteiger partial charge in [0.2, 0.25) is 0 Å². The quantitative estimate of drug-likeness (QED) is 0.428. The van der Waals surface area contributed by atoms with Gasteiger partial charge in [0.25, 0.3) is 0 Å². The molecule has 0 spiro atoms. The molecule has 1 aliphatic heterocycles. The van der Waals surface area contributed by atoms with Crippen LogP contribution >= 0.6 is 0 Å². The van der Waals surface area contributed by atoms with Gasteiger partial charge in [-0.05, 0) is 62.7 Å². The number of H-pyrrole nitrogens is 1. The van der Waals surface area contributed by atoms with Crippen LogP contribution in [0.15, 0.2) is 41.6 Å². The summed E-state index contributed by atoms with van der Waals surface area (Å²) < 4.78 is 33.2. The van der Waals surface area contributed by atoms with Crippen LogP contribution < -0.4 is 10.1 Å². The number of rotatable bonds is 5. The number of nitrogens with one attached hydrogen (secondary N) is 2. The maximum Gasteiger partial charge on any atom is 0.175 e. The normalized spacial score (nSPS) is 14.5. The van der Waals surface area contributed by atoms with Gasteiger partial charge >= 0.3 is 0 Å². The zero-order chi connectivity index (χ0) is 25.2. The number of aromatic amines is 1. The average Bonchev–Trinajstić information content (AvgIpc) is 3.50. The van der Waals surface area contributed by atoms with E-state index in [2.05, 4.69) is 16.4 Å². The zero-order valence-corrected chi connectivity index (χ0v) is 21.4. The third-order valence-electron chi connectivity index (χ3n) is 6.20. The van der Waals surface area contributed by atoms with Crippen LogP contribution in [-0.2, 0) is 16.4 Å². The van der Waals surface area contributed by atoms with E-state index in [0.717, 1.165) is 47.8 Å². The van der Waals surface area contributed by atoms with Gasteiger partial charge in [-0.25, -0.2) is 8.42 Å². The number of nitrogens with zero attached hydrogens (tertiary/aromatic N) is 3. The van der Waals surface area contributed by atoms with E-state index in [1.165, 1.54) is 6.26 Å². The number of nitriles is 1. The summed E-state index contributed by atoms with van der Waals surface area (Å²) in [6.45, 7) is 7.93. The van der Waals surface area contributed by atoms with Crippen molar-refractivity contribution < 1.29 is 13.2 Å². The highest BCUT2D eigenvalue weighted by Gasteiger charge is 2.22. The van der Waals surface area contributed by atoms with E-state index in [-0.39, 0.29) is 12.6 Å². The summed E-state index contributed by atoms with van der Waals surface area (Å²) in [4.78, 5) is 3.50. The number of fused-ring (bicyclic) bond motifs is 2. The van der Waals surface area contributed by atoms with E-state index in [1.54, 1.807) is 16.8 Å². The topological polar surface area (TPSA) is 113 Å². The molecule has 0 unspecified atom stereocenters. The molecule has 0 aliphatic carbocycles. The number of aromatic nitrogens is 3. The molecule has 0 saturated carbocycles. The highest BCUT2D eigenvalue weighted by molar-refractivity contribution is 7.90. The summed E-state index contributed by atoms with van der Waals surface area (Å²) in [5, 5.41) is 19.4. The molecule has 2 N–H and O–H groups in total. The van der Waals surface area contributed by atoms with Crippen LogP contribution in [0.25, 0.3) is 21.8 Å². The zero-order valence-electron chi connectivity index (χ0n) is 20.6. The first-order chi connectivity index (χ1) is 16.8. The first kappa shape index (κ1) is 24.8. The lowest BCUT2D eigenvalue weighted by atomic mass is 10.1. The first-order valence-electron chi connectivity index (χ1n) is 11.9. The van der Waals surface area contributed by atoms with Crippen molar-refractivity contribution in [2.24, 2.45) is 0 Å². The Morgan fingerprint density at radius 3 is 2.66 bits per heavy atom. The van der Waals surface area contributed by atoms with Crippen molar-refractivity contribution >= 4 is 31.6 Å². The maximum absolute atomic E-state index is 12.6. The summed E-state index contributed by atoms with van der Waals surface area (Å²) in [5.41, 5.74) is 3.54. The van der Waals surface area contributed by atoms with E-state index < -0.39 is 9.84 Å². The van der Waals surface area contributed by atoms with Gasteiger partial charge in [0.1, 0.15) is 17.7 Å². The third-order valence-corrected chi connectivity index (χ3v) is 7.36. The molecular weight excluding hydrogens is 462 g/mol. The lowest BCUT2D eigenvalue weighted by molar-refractivity contribution is 0.164. The van der Waals surface area contributed by atoms with E-state index >= 15 is 0 Å². The molecule has 3 heterocycles. The van der Waals surface area contributed by atoms with Gasteiger partial charge in [0, 0.05) is 40.5 Å². The molecule has 184 valence electrons. The van der Waals surface area contributed by atoms with Crippen LogP contribution in [0.4, 0.5) is 0 Å². The Hall–Kier alpha value is -3.35. The van der Waals surface area contributed by atoms with Crippen molar-refractivity contribution in [2.75, 3.05) is 19.3 Å². The Morgan fingerprint density at radius 2 is 1.97 bits per heavy atom. The highest BCUT2D eigenvalue weighted by atomic mass is 32.2. The molecule has 35 heavy (non-hydrogen) atoms. The second-order valence-corrected chi connectivity index (χ2v) is 10.6. The van der Waals surface area contributed by atoms with Gasteiger partial charge < -0.3 is 15.0 Å². The lowest BCUT2D eigenvalue weighted by Crippen LogP contribution is -2.34. The van der Waals surface area contributed by atoms with Gasteiger partial charge in [-0.1, -0.05) is 13.8 Å². The molecular formula is C26H31N5O3S. The largest absolute Gasteiger partial charge is 0.487 e. The van der Waals surface area contributed by atoms with E-state index in [9.17, 15) is 13.7 Å². The van der Waals surface area contributed by atoms with Gasteiger partial charge in [-0.2, -0.15) is 10.4 Å². The SMILES string of the molecule is CC.Cc1cc(S(C)(=O)=O)c(Cn2cc3ccc(C#N)c(OC4CCNCC4)c3n2)c2cc[nH]c12. The maximum atomic E-state index is 12.6. The molecule has 9 heteroatoms. The lowest BCUT2D eigenvalue weighted by Gasteiger charge is -2.24. The van der Waals surface area contributed by atoms with Crippen molar-refractivity contribution in [2.45, 2.75) is 51.2 Å². The Bertz CT molecular complexity index is 1510. The summed E-state index contributed by atoms with van der Waals surface area (Å²) in [6.07, 6.45) is 6.69. The first-order valence-corrected chi connectivity index (χ1v) is 13.8. The number of hydrogen-bond acceptors (Lipinski definition) is 6. The smallest absolute Gasteiger partial charge is 0.175 e. The Labute approximate surface area is 205 Å². The van der Waals surface area contributed by atoms with E-state index in [0.29, 0.717) is 27.3 Å². The molecule has 0 bridgehead atoms. The molecule has 1 saturated heterocycles. The number of benzene rings is 2. The number of aryl methyl sites for hydroxylation is 1. The molecule has 2 aromatic heterocycles. The van der Waals surface area contributed by atoms with E-state index in [1.807, 2.05) is 45.3 Å². The number of ether oxygens (including phenoxy) is 1. The number of sulfone groups is 1. The number of piperidine rings is 1. The molecule has 1 fully saturated rings. The van der Waals surface area contributed by atoms with Crippen molar-refractivity contribution in [3.8, 4) is 11.8 Å². The van der Waals surface area contributed by atoms with Gasteiger partial charge in [0.05, 0.1) is 17.0 Å². The average molecular weight is 494 g/mol. The van der Waals surface area contributed by atoms with Gasteiger partial charge in [-0.3, -0.25) is 4.68 Å². The second kappa shape index (κ2) is 10.1. The fraction of sp³-hybridized carbons (Fsp3) is 0.385. The predicted octanol–water partition coefficient (Wildman–Crippen LogP) is 4.31. The van der Waals surface area contributed by atoms with E-state index in [4.69, 9.17) is 9.84 Å². The second-order valence-electron chi connectivity index (χ2n) is 8.59. The highest BCUT2D eigenvalue weighted by Crippen LogP contribution is 2.33. The molecule has 0 atom stereocenters. The fourth-order valence-electron chi connectivity index (χ4n) is 4.57. The standard InChI is InChI=1S/C24H25N5O3S.C2H6/c1-15-11-21(33(2,30)31)20(19-7-10-27-22(15)19)14-29-13-17-4-3-16(12-25)24(23(17)28-29)32-18-5-8-26-9-6-18;1-2/h3-4,7,10-11,13,18,26-27H,5-6,8-9,14H2,1-2H3;1-2H3. The van der Waals surface area contributed by atoms with Gasteiger partial charge in [0.15, 0.2) is 15.6 Å². The minimum Gasteiger partial charge on any atom is -0.487 e. The summed E-state index contributed by atoms with van der Waals surface area (Å²) in [7, 11) is -3.44. The minimum absolute atomic E-state index is 0.0301. The molecule has 4 aromatic rings. The summed E-state index contributed by atoms with van der Waals surface area (Å²) in [6, 6.07) is 9.44. The number of hydrogen-bond donors (Lipinski definition) is 2. The predicted molar refractivity (Wildman–Crippen MR) is 138 cm³/mol. The molecule has 0 amide bonds. The molecule has 1 aliphatic rings. The van der Waals surface area contributed by atoms with Crippen molar-refractivity contribution in [1.29, 1.82) is 5.26 Å². The van der Waals surface area contributed by atoms with Crippen LogP contribution in [-0.4, -0.2) is 48.6 Å². The van der Waals surface area contributed by atoms with Crippen LogP contribution in [0.1, 0.15) is 43.4 Å². The van der Waals surface area contributed by atoms with Crippen LogP contribution in [0.2, 0.25) is 0 Å². The van der Waals surface area contributed by atoms with Crippen molar-refractivity contribution in [3.63, 3.8) is 0 Å². The molecule has 0 radical (unpaired) electrons. The Morgan fingerprint density at radius 1 is 1.23 bits per heavy atom. The molecule has 8 nitrogen and oxygen atoms in total. The van der Waals surface area contributed by atoms with Crippen molar-refractivity contribution in [3.05, 3.63) is 53.3 Å². The monoisotopic (exact) mass is 493 g/mol. The van der Waals surface area contributed by atoms with Crippen molar-refractivity contribution in [1.82, 2.24) is 20.1 Å². The minimum atomic E-state index is -3.44. The Balaban J connectivity index is 0.00000141. The van der Waals surface area contributed by atoms with Gasteiger partial charge in [-0.15, -0.1) is 0 Å². The summed E-state index contributed by atoms with van der Waals surface area (Å²) >= 11 is 0. The van der Waals surface area contributed by atoms with Crippen LogP contribution in [0.3, 0.4) is 0 Å². The Kier molecular flexibility index (Phi) is 7.15. The molecule has 5 rings (SSSR count).